The second-order valence-corrected chi connectivity index (χ2v) is 9.43. The molecule has 0 spiro atoms. The van der Waals surface area contributed by atoms with Gasteiger partial charge in [0, 0.05) is 19.0 Å². The Balaban J connectivity index is 1.64. The van der Waals surface area contributed by atoms with Gasteiger partial charge in [-0.1, -0.05) is 76.8 Å². The maximum atomic E-state index is 12.4. The number of nitrogens with zero attached hydrogens (tertiary/aromatic N) is 1. The number of nitrogens with one attached hydrogen (secondary N) is 1. The second kappa shape index (κ2) is 16.4. The van der Waals surface area contributed by atoms with Gasteiger partial charge in [-0.2, -0.15) is 11.3 Å². The van der Waals surface area contributed by atoms with Crippen LogP contribution >= 0.6 is 11.3 Å². The van der Waals surface area contributed by atoms with Crippen molar-refractivity contribution in [1.29, 1.82) is 0 Å². The van der Waals surface area contributed by atoms with Crippen molar-refractivity contribution in [3.8, 4) is 0 Å². The highest BCUT2D eigenvalue weighted by atomic mass is 32.1. The van der Waals surface area contributed by atoms with E-state index in [2.05, 4.69) is 12.2 Å². The Morgan fingerprint density at radius 2 is 1.45 bits per heavy atom. The van der Waals surface area contributed by atoms with Crippen LogP contribution in [0.3, 0.4) is 0 Å². The Bertz CT molecular complexity index is 790. The monoisotopic (exact) mass is 472 g/mol. The second-order valence-electron chi connectivity index (χ2n) is 8.65. The van der Waals surface area contributed by atoms with Crippen molar-refractivity contribution in [2.45, 2.75) is 91.1 Å². The molecule has 182 valence electrons. The van der Waals surface area contributed by atoms with Crippen molar-refractivity contribution in [1.82, 2.24) is 10.4 Å². The molecule has 0 bridgehead atoms. The van der Waals surface area contributed by atoms with Crippen LogP contribution in [-0.2, 0) is 22.7 Å². The largest absolute Gasteiger partial charge is 0.368 e. The highest BCUT2D eigenvalue weighted by Crippen LogP contribution is 2.14. The molecule has 0 atom stereocenters. The first kappa shape index (κ1) is 27.1. The number of carbonyl (C=O) groups is 2. The number of benzene rings is 1. The molecule has 0 fully saturated rings. The van der Waals surface area contributed by atoms with Crippen molar-refractivity contribution in [2.75, 3.05) is 6.54 Å². The third kappa shape index (κ3) is 12.0. The first-order chi connectivity index (χ1) is 16.1. The Morgan fingerprint density at radius 3 is 2.03 bits per heavy atom. The summed E-state index contributed by atoms with van der Waals surface area (Å²) in [5.41, 5.74) is 2.74. The summed E-state index contributed by atoms with van der Waals surface area (Å²) in [4.78, 5) is 29.2. The fraction of sp³-hybridized carbons (Fsp3) is 0.556. The Hall–Kier alpha value is -2.18. The van der Waals surface area contributed by atoms with Crippen molar-refractivity contribution in [2.24, 2.45) is 0 Å². The van der Waals surface area contributed by atoms with E-state index >= 15 is 0 Å². The van der Waals surface area contributed by atoms with Crippen molar-refractivity contribution in [3.05, 3.63) is 57.8 Å². The SMILES string of the molecule is CCCCCCCCCCCCNC(=O)c1ccc(CN(Cc2ccsc2)OC(C)=O)cc1. The predicted octanol–water partition coefficient (Wildman–Crippen LogP) is 6.88. The van der Waals surface area contributed by atoms with Gasteiger partial charge in [-0.05, 0) is 46.5 Å². The van der Waals surface area contributed by atoms with Gasteiger partial charge in [-0.3, -0.25) is 9.59 Å². The van der Waals surface area contributed by atoms with Crippen LogP contribution in [0.4, 0.5) is 0 Å². The smallest absolute Gasteiger partial charge is 0.322 e. The zero-order valence-corrected chi connectivity index (χ0v) is 21.1. The van der Waals surface area contributed by atoms with Crippen LogP contribution in [-0.4, -0.2) is 23.5 Å². The van der Waals surface area contributed by atoms with Gasteiger partial charge in [0.05, 0.1) is 13.1 Å². The van der Waals surface area contributed by atoms with Gasteiger partial charge >= 0.3 is 5.97 Å². The van der Waals surface area contributed by atoms with Crippen LogP contribution in [0.5, 0.6) is 0 Å². The lowest BCUT2D eigenvalue weighted by Crippen LogP contribution is -2.26. The van der Waals surface area contributed by atoms with E-state index in [9.17, 15) is 9.59 Å². The molecule has 0 aliphatic heterocycles. The molecule has 1 heterocycles. The number of hydrogen-bond donors (Lipinski definition) is 1. The maximum Gasteiger partial charge on any atom is 0.322 e. The molecular formula is C27H40N2O3S. The zero-order valence-electron chi connectivity index (χ0n) is 20.3. The van der Waals surface area contributed by atoms with E-state index in [1.807, 2.05) is 41.1 Å². The summed E-state index contributed by atoms with van der Waals surface area (Å²) >= 11 is 1.62. The van der Waals surface area contributed by atoms with Gasteiger partial charge in [0.2, 0.25) is 0 Å². The molecule has 0 radical (unpaired) electrons. The lowest BCUT2D eigenvalue weighted by Gasteiger charge is -2.20. The van der Waals surface area contributed by atoms with Crippen LogP contribution in [0, 0.1) is 0 Å². The topological polar surface area (TPSA) is 58.6 Å². The molecule has 0 aliphatic carbocycles. The van der Waals surface area contributed by atoms with Crippen LogP contribution in [0.1, 0.15) is 99.5 Å². The number of thiophene rings is 1. The fourth-order valence-corrected chi connectivity index (χ4v) is 4.43. The zero-order chi connectivity index (χ0) is 23.7. The molecule has 0 saturated heterocycles. The van der Waals surface area contributed by atoms with Gasteiger partial charge in [-0.25, -0.2) is 0 Å². The van der Waals surface area contributed by atoms with E-state index in [-0.39, 0.29) is 11.9 Å². The van der Waals surface area contributed by atoms with Crippen molar-refractivity contribution >= 4 is 23.2 Å². The van der Waals surface area contributed by atoms with Gasteiger partial charge in [0.1, 0.15) is 0 Å². The standard InChI is InChI=1S/C27H40N2O3S/c1-3-4-5-6-7-8-9-10-11-12-18-28-27(31)26-15-13-24(14-16-26)20-29(32-23(2)30)21-25-17-19-33-22-25/h13-17,19,22H,3-12,18,20-21H2,1-2H3,(H,28,31). The number of amides is 1. The summed E-state index contributed by atoms with van der Waals surface area (Å²) in [6, 6.07) is 9.52. The number of rotatable bonds is 17. The van der Waals surface area contributed by atoms with Gasteiger partial charge in [0.25, 0.3) is 5.91 Å². The third-order valence-electron chi connectivity index (χ3n) is 5.59. The molecule has 5 nitrogen and oxygen atoms in total. The van der Waals surface area contributed by atoms with Crippen molar-refractivity contribution < 1.29 is 14.4 Å². The van der Waals surface area contributed by atoms with Gasteiger partial charge in [-0.15, -0.1) is 5.06 Å². The molecule has 1 aromatic heterocycles. The summed E-state index contributed by atoms with van der Waals surface area (Å²) in [5, 5.41) is 8.71. The average molecular weight is 473 g/mol. The molecule has 1 amide bonds. The van der Waals surface area contributed by atoms with E-state index in [1.165, 1.54) is 64.7 Å². The molecule has 0 aliphatic rings. The first-order valence-corrected chi connectivity index (χ1v) is 13.3. The Morgan fingerprint density at radius 1 is 0.848 bits per heavy atom. The lowest BCUT2D eigenvalue weighted by molar-refractivity contribution is -0.194. The van der Waals surface area contributed by atoms with E-state index < -0.39 is 0 Å². The van der Waals surface area contributed by atoms with Crippen molar-refractivity contribution in [3.63, 3.8) is 0 Å². The summed E-state index contributed by atoms with van der Waals surface area (Å²) in [6.07, 6.45) is 12.9. The molecular weight excluding hydrogens is 432 g/mol. The molecule has 0 unspecified atom stereocenters. The molecule has 2 aromatic rings. The van der Waals surface area contributed by atoms with Crippen LogP contribution in [0.25, 0.3) is 0 Å². The molecule has 2 rings (SSSR count). The van der Waals surface area contributed by atoms with Crippen LogP contribution < -0.4 is 5.32 Å². The molecule has 6 heteroatoms. The minimum atomic E-state index is -0.340. The quantitative estimate of drug-likeness (QED) is 0.201. The molecule has 1 aromatic carbocycles. The first-order valence-electron chi connectivity index (χ1n) is 12.4. The fourth-order valence-electron chi connectivity index (χ4n) is 3.77. The number of carbonyl (C=O) groups excluding carboxylic acids is 2. The minimum absolute atomic E-state index is 0.0346. The lowest BCUT2D eigenvalue weighted by atomic mass is 10.1. The Kier molecular flexibility index (Phi) is 13.5. The summed E-state index contributed by atoms with van der Waals surface area (Å²) in [5.74, 6) is -0.374. The minimum Gasteiger partial charge on any atom is -0.368 e. The highest BCUT2D eigenvalue weighted by Gasteiger charge is 2.12. The van der Waals surface area contributed by atoms with E-state index in [0.29, 0.717) is 18.7 Å². The summed E-state index contributed by atoms with van der Waals surface area (Å²) in [7, 11) is 0. The number of unbranched alkanes of at least 4 members (excludes halogenated alkanes) is 9. The molecule has 0 saturated carbocycles. The van der Waals surface area contributed by atoms with E-state index in [1.54, 1.807) is 16.4 Å². The average Bonchev–Trinajstić information content (AvgIpc) is 3.30. The molecule has 33 heavy (non-hydrogen) atoms. The summed E-state index contributed by atoms with van der Waals surface area (Å²) < 4.78 is 0. The van der Waals surface area contributed by atoms with Gasteiger partial charge in [0.15, 0.2) is 0 Å². The Labute approximate surface area is 203 Å². The van der Waals surface area contributed by atoms with Crippen LogP contribution in [0.15, 0.2) is 41.1 Å². The number of hydrogen-bond acceptors (Lipinski definition) is 5. The normalized spacial score (nSPS) is 11.0. The number of hydroxylamine groups is 2. The molecule has 1 N–H and O–H groups in total. The maximum absolute atomic E-state index is 12.4. The van der Waals surface area contributed by atoms with E-state index in [0.717, 1.165) is 24.1 Å². The van der Waals surface area contributed by atoms with Crippen LogP contribution in [0.2, 0.25) is 0 Å². The highest BCUT2D eigenvalue weighted by molar-refractivity contribution is 7.07. The van der Waals surface area contributed by atoms with Gasteiger partial charge < -0.3 is 10.2 Å². The predicted molar refractivity (Wildman–Crippen MR) is 136 cm³/mol. The third-order valence-corrected chi connectivity index (χ3v) is 6.32. The summed E-state index contributed by atoms with van der Waals surface area (Å²) in [6.45, 7) is 5.38. The van der Waals surface area contributed by atoms with E-state index in [4.69, 9.17) is 4.84 Å².